The van der Waals surface area contributed by atoms with E-state index in [1.807, 2.05) is 19.1 Å². The van der Waals surface area contributed by atoms with Gasteiger partial charge in [-0.15, -0.1) is 11.3 Å². The van der Waals surface area contributed by atoms with Gasteiger partial charge in [0.05, 0.1) is 6.54 Å². The summed E-state index contributed by atoms with van der Waals surface area (Å²) in [6, 6.07) is 5.57. The number of carbonyl (C=O) groups excluding carboxylic acids is 2. The van der Waals surface area contributed by atoms with Crippen molar-refractivity contribution in [3.05, 3.63) is 47.6 Å². The van der Waals surface area contributed by atoms with Crippen LogP contribution in [-0.4, -0.2) is 64.3 Å². The minimum absolute atomic E-state index is 0.0448. The number of amides is 2. The van der Waals surface area contributed by atoms with E-state index in [1.54, 1.807) is 12.3 Å². The van der Waals surface area contributed by atoms with E-state index < -0.39 is 0 Å². The Morgan fingerprint density at radius 2 is 1.96 bits per heavy atom. The molecule has 0 bridgehead atoms. The fourth-order valence-electron chi connectivity index (χ4n) is 2.92. The van der Waals surface area contributed by atoms with Crippen molar-refractivity contribution in [1.29, 1.82) is 0 Å². The lowest BCUT2D eigenvalue weighted by Gasteiger charge is -2.33. The number of hydrogen-bond acceptors (Lipinski definition) is 7. The molecule has 2 N–H and O–H groups in total. The molecule has 0 spiro atoms. The van der Waals surface area contributed by atoms with Crippen LogP contribution in [0.5, 0.6) is 0 Å². The van der Waals surface area contributed by atoms with Crippen molar-refractivity contribution in [3.8, 4) is 0 Å². The number of pyridine rings is 1. The average molecular weight is 401 g/mol. The van der Waals surface area contributed by atoms with Crippen LogP contribution in [0.2, 0.25) is 0 Å². The first-order valence-corrected chi connectivity index (χ1v) is 9.90. The third-order valence-electron chi connectivity index (χ3n) is 4.34. The monoisotopic (exact) mass is 400 g/mol. The van der Waals surface area contributed by atoms with Gasteiger partial charge >= 0.3 is 0 Å². The Bertz CT molecular complexity index is 844. The average Bonchev–Trinajstić information content (AvgIpc) is 3.10. The number of nitrogens with one attached hydrogen (secondary N) is 2. The molecule has 1 aliphatic rings. The molecule has 1 fully saturated rings. The minimum atomic E-state index is -0.256. The summed E-state index contributed by atoms with van der Waals surface area (Å²) in [6.45, 7) is 9.89. The van der Waals surface area contributed by atoms with Gasteiger partial charge in [0.2, 0.25) is 11.8 Å². The molecule has 0 radical (unpaired) electrons. The first-order valence-electron chi connectivity index (χ1n) is 9.08. The minimum Gasteiger partial charge on any atom is -0.310 e. The number of piperazine rings is 1. The van der Waals surface area contributed by atoms with Crippen molar-refractivity contribution in [3.63, 3.8) is 0 Å². The zero-order chi connectivity index (χ0) is 19.9. The van der Waals surface area contributed by atoms with Gasteiger partial charge in [0.15, 0.2) is 5.13 Å². The van der Waals surface area contributed by atoms with Crippen molar-refractivity contribution in [2.45, 2.75) is 13.5 Å². The summed E-state index contributed by atoms with van der Waals surface area (Å²) >= 11 is 1.47. The summed E-state index contributed by atoms with van der Waals surface area (Å²) in [6.07, 6.45) is 3.02. The third kappa shape index (κ3) is 5.95. The lowest BCUT2D eigenvalue weighted by molar-refractivity contribution is -0.117. The molecule has 8 nitrogen and oxygen atoms in total. The number of rotatable bonds is 7. The molecule has 2 amide bonds. The second kappa shape index (κ2) is 9.54. The van der Waals surface area contributed by atoms with Crippen molar-refractivity contribution < 1.29 is 9.59 Å². The normalized spacial score (nSPS) is 15.2. The van der Waals surface area contributed by atoms with Gasteiger partial charge in [-0.1, -0.05) is 12.6 Å². The maximum Gasteiger partial charge on any atom is 0.249 e. The molecule has 0 atom stereocenters. The van der Waals surface area contributed by atoms with Gasteiger partial charge in [0.1, 0.15) is 5.82 Å². The van der Waals surface area contributed by atoms with Crippen LogP contribution in [0.25, 0.3) is 0 Å². The number of aromatic nitrogens is 2. The smallest absolute Gasteiger partial charge is 0.249 e. The van der Waals surface area contributed by atoms with Crippen LogP contribution in [0, 0.1) is 6.92 Å². The Morgan fingerprint density at radius 3 is 2.68 bits per heavy atom. The zero-order valence-corrected chi connectivity index (χ0v) is 16.7. The second-order valence-electron chi connectivity index (χ2n) is 6.59. The molecule has 1 aliphatic heterocycles. The molecule has 0 unspecified atom stereocenters. The number of nitrogens with zero attached hydrogens (tertiary/aromatic N) is 4. The standard InChI is InChI=1S/C19H24N6O2S/c1-3-17(26)23-19-20-11-15(28-19)12-24-7-9-25(10-8-24)13-18(27)22-16-6-4-5-14(2)21-16/h3-6,11H,1,7-10,12-13H2,2H3,(H,20,23,26)(H,21,22,27). The number of anilines is 2. The fraction of sp³-hybridized carbons (Fsp3) is 0.368. The van der Waals surface area contributed by atoms with Gasteiger partial charge < -0.3 is 5.32 Å². The highest BCUT2D eigenvalue weighted by atomic mass is 32.1. The largest absolute Gasteiger partial charge is 0.310 e. The quantitative estimate of drug-likeness (QED) is 0.688. The maximum absolute atomic E-state index is 12.2. The number of carbonyl (C=O) groups is 2. The predicted molar refractivity (Wildman–Crippen MR) is 110 cm³/mol. The topological polar surface area (TPSA) is 90.5 Å². The van der Waals surface area contributed by atoms with Crippen LogP contribution in [-0.2, 0) is 16.1 Å². The van der Waals surface area contributed by atoms with Crippen LogP contribution < -0.4 is 10.6 Å². The Balaban J connectivity index is 1.41. The van der Waals surface area contributed by atoms with Gasteiger partial charge in [-0.25, -0.2) is 9.97 Å². The van der Waals surface area contributed by atoms with Gasteiger partial charge in [-0.2, -0.15) is 0 Å². The highest BCUT2D eigenvalue weighted by Gasteiger charge is 2.20. The molecule has 9 heteroatoms. The maximum atomic E-state index is 12.2. The zero-order valence-electron chi connectivity index (χ0n) is 15.9. The van der Waals surface area contributed by atoms with Gasteiger partial charge in [-0.05, 0) is 25.1 Å². The first kappa shape index (κ1) is 20.1. The van der Waals surface area contributed by atoms with E-state index in [2.05, 4.69) is 37.0 Å². The highest BCUT2D eigenvalue weighted by Crippen LogP contribution is 2.20. The molecule has 3 rings (SSSR count). The molecule has 3 heterocycles. The molecular weight excluding hydrogens is 376 g/mol. The summed E-state index contributed by atoms with van der Waals surface area (Å²) < 4.78 is 0. The molecule has 0 aliphatic carbocycles. The summed E-state index contributed by atoms with van der Waals surface area (Å²) in [7, 11) is 0. The molecular formula is C19H24N6O2S. The van der Waals surface area contributed by atoms with Crippen LogP contribution >= 0.6 is 11.3 Å². The Morgan fingerprint density at radius 1 is 1.21 bits per heavy atom. The third-order valence-corrected chi connectivity index (χ3v) is 5.23. The van der Waals surface area contributed by atoms with E-state index >= 15 is 0 Å². The number of hydrogen-bond donors (Lipinski definition) is 2. The van der Waals surface area contributed by atoms with E-state index in [0.29, 0.717) is 17.5 Å². The van der Waals surface area contributed by atoms with Crippen molar-refractivity contribution >= 4 is 34.1 Å². The molecule has 28 heavy (non-hydrogen) atoms. The first-order chi connectivity index (χ1) is 13.5. The van der Waals surface area contributed by atoms with Gasteiger partial charge in [-0.3, -0.25) is 24.7 Å². The molecule has 2 aromatic heterocycles. The lowest BCUT2D eigenvalue weighted by Crippen LogP contribution is -2.48. The number of thiazole rings is 1. The number of aryl methyl sites for hydroxylation is 1. The van der Waals surface area contributed by atoms with E-state index in [-0.39, 0.29) is 11.8 Å². The van der Waals surface area contributed by atoms with Crippen molar-refractivity contribution in [1.82, 2.24) is 19.8 Å². The fourth-order valence-corrected chi connectivity index (χ4v) is 3.78. The van der Waals surface area contributed by atoms with E-state index in [4.69, 9.17) is 0 Å². The van der Waals surface area contributed by atoms with Crippen LogP contribution in [0.4, 0.5) is 10.9 Å². The lowest BCUT2D eigenvalue weighted by atomic mass is 10.3. The summed E-state index contributed by atoms with van der Waals surface area (Å²) in [5.74, 6) is 0.290. The SMILES string of the molecule is C=CC(=O)Nc1ncc(CN2CCN(CC(=O)Nc3cccc(C)n3)CC2)s1. The van der Waals surface area contributed by atoms with Crippen LogP contribution in [0.15, 0.2) is 37.1 Å². The van der Waals surface area contributed by atoms with E-state index in [1.165, 1.54) is 17.4 Å². The van der Waals surface area contributed by atoms with Crippen molar-refractivity contribution in [2.24, 2.45) is 0 Å². The van der Waals surface area contributed by atoms with Crippen LogP contribution in [0.1, 0.15) is 10.6 Å². The van der Waals surface area contributed by atoms with E-state index in [0.717, 1.165) is 43.3 Å². The summed E-state index contributed by atoms with van der Waals surface area (Å²) in [5.41, 5.74) is 0.877. The van der Waals surface area contributed by atoms with Crippen LogP contribution in [0.3, 0.4) is 0 Å². The van der Waals surface area contributed by atoms with Gasteiger partial charge in [0.25, 0.3) is 0 Å². The Hall–Kier alpha value is -2.62. The molecule has 1 saturated heterocycles. The summed E-state index contributed by atoms with van der Waals surface area (Å²) in [4.78, 5) is 37.6. The summed E-state index contributed by atoms with van der Waals surface area (Å²) in [5, 5.41) is 6.11. The predicted octanol–water partition coefficient (Wildman–Crippen LogP) is 1.73. The second-order valence-corrected chi connectivity index (χ2v) is 7.70. The van der Waals surface area contributed by atoms with Gasteiger partial charge in [0, 0.05) is 49.5 Å². The highest BCUT2D eigenvalue weighted by molar-refractivity contribution is 7.15. The molecule has 0 aromatic carbocycles. The van der Waals surface area contributed by atoms with E-state index in [9.17, 15) is 9.59 Å². The van der Waals surface area contributed by atoms with Crippen molar-refractivity contribution in [2.75, 3.05) is 43.4 Å². The molecule has 148 valence electrons. The molecule has 0 saturated carbocycles. The Labute approximate surface area is 168 Å². The Kier molecular flexibility index (Phi) is 6.85. The molecule has 2 aromatic rings.